The molecule has 1 atom stereocenters. The number of hydrogen-bond acceptors (Lipinski definition) is 2. The molecule has 0 amide bonds. The summed E-state index contributed by atoms with van der Waals surface area (Å²) in [5, 5.41) is 8.46. The van der Waals surface area contributed by atoms with Crippen molar-refractivity contribution in [2.75, 3.05) is 13.6 Å². The van der Waals surface area contributed by atoms with E-state index in [1.165, 1.54) is 12.0 Å². The molecule has 1 rings (SSSR count). The van der Waals surface area contributed by atoms with Gasteiger partial charge in [-0.25, -0.2) is 0 Å². The van der Waals surface area contributed by atoms with Crippen LogP contribution in [0.5, 0.6) is 0 Å². The lowest BCUT2D eigenvalue weighted by molar-refractivity contribution is 0.260. The zero-order chi connectivity index (χ0) is 8.97. The predicted octanol–water partition coefficient (Wildman–Crippen LogP) is 1.94. The Kier molecular flexibility index (Phi) is 3.31. The molecule has 0 saturated carbocycles. The summed E-state index contributed by atoms with van der Waals surface area (Å²) in [6.07, 6.45) is 5.11. The molecule has 0 aliphatic carbocycles. The lowest BCUT2D eigenvalue weighted by atomic mass is 10.0. The lowest BCUT2D eigenvalue weighted by Gasteiger charge is -2.29. The first-order valence-electron chi connectivity index (χ1n) is 4.48. The maximum Gasteiger partial charge on any atom is 0.0622 e. The summed E-state index contributed by atoms with van der Waals surface area (Å²) in [7, 11) is 2.13. The first-order chi connectivity index (χ1) is 5.74. The SMILES string of the molecule is CC1=CC(CCC#N)N(C)CC1. The fourth-order valence-corrected chi connectivity index (χ4v) is 1.57. The van der Waals surface area contributed by atoms with E-state index in [0.717, 1.165) is 13.0 Å². The van der Waals surface area contributed by atoms with Crippen LogP contribution in [0.15, 0.2) is 11.6 Å². The Morgan fingerprint density at radius 1 is 1.75 bits per heavy atom. The van der Waals surface area contributed by atoms with Gasteiger partial charge in [-0.05, 0) is 26.8 Å². The second kappa shape index (κ2) is 4.27. The van der Waals surface area contributed by atoms with E-state index < -0.39 is 0 Å². The summed E-state index contributed by atoms with van der Waals surface area (Å²) in [6, 6.07) is 2.69. The Hall–Kier alpha value is -0.810. The van der Waals surface area contributed by atoms with Crippen molar-refractivity contribution in [1.82, 2.24) is 4.90 Å². The summed E-state index contributed by atoms with van der Waals surface area (Å²) in [6.45, 7) is 3.31. The van der Waals surface area contributed by atoms with E-state index in [2.05, 4.69) is 31.0 Å². The highest BCUT2D eigenvalue weighted by Crippen LogP contribution is 2.17. The van der Waals surface area contributed by atoms with Gasteiger partial charge in [0.2, 0.25) is 0 Å². The summed E-state index contributed by atoms with van der Waals surface area (Å²) in [4.78, 5) is 2.32. The van der Waals surface area contributed by atoms with E-state index in [4.69, 9.17) is 5.26 Å². The van der Waals surface area contributed by atoms with E-state index in [1.54, 1.807) is 0 Å². The summed E-state index contributed by atoms with van der Waals surface area (Å²) in [5.74, 6) is 0. The summed E-state index contributed by atoms with van der Waals surface area (Å²) in [5.41, 5.74) is 1.47. The smallest absolute Gasteiger partial charge is 0.0622 e. The Morgan fingerprint density at radius 2 is 2.50 bits per heavy atom. The number of nitrogens with zero attached hydrogens (tertiary/aromatic N) is 2. The molecule has 2 heteroatoms. The lowest BCUT2D eigenvalue weighted by Crippen LogP contribution is -2.34. The van der Waals surface area contributed by atoms with E-state index in [1.807, 2.05) is 0 Å². The molecule has 0 aromatic carbocycles. The van der Waals surface area contributed by atoms with Crippen molar-refractivity contribution in [3.8, 4) is 6.07 Å². The maximum absolute atomic E-state index is 8.46. The van der Waals surface area contributed by atoms with Crippen LogP contribution in [-0.2, 0) is 0 Å². The third kappa shape index (κ3) is 2.35. The Bertz CT molecular complexity index is 212. The molecule has 0 aromatic heterocycles. The van der Waals surface area contributed by atoms with Gasteiger partial charge in [-0.15, -0.1) is 0 Å². The topological polar surface area (TPSA) is 27.0 Å². The normalized spacial score (nSPS) is 24.8. The van der Waals surface area contributed by atoms with Crippen molar-refractivity contribution in [3.05, 3.63) is 11.6 Å². The van der Waals surface area contributed by atoms with Crippen LogP contribution in [-0.4, -0.2) is 24.5 Å². The van der Waals surface area contributed by atoms with Crippen LogP contribution in [0.2, 0.25) is 0 Å². The molecule has 12 heavy (non-hydrogen) atoms. The molecule has 1 heterocycles. The molecule has 0 aromatic rings. The average molecular weight is 164 g/mol. The fraction of sp³-hybridized carbons (Fsp3) is 0.700. The van der Waals surface area contributed by atoms with E-state index >= 15 is 0 Å². The van der Waals surface area contributed by atoms with Crippen molar-refractivity contribution >= 4 is 0 Å². The summed E-state index contributed by atoms with van der Waals surface area (Å²) < 4.78 is 0. The second-order valence-electron chi connectivity index (χ2n) is 3.51. The fourth-order valence-electron chi connectivity index (χ4n) is 1.57. The van der Waals surface area contributed by atoms with Crippen molar-refractivity contribution in [2.45, 2.75) is 32.2 Å². The van der Waals surface area contributed by atoms with Crippen molar-refractivity contribution < 1.29 is 0 Å². The minimum absolute atomic E-state index is 0.499. The Labute approximate surface area is 74.5 Å². The third-order valence-electron chi connectivity index (χ3n) is 2.45. The molecular weight excluding hydrogens is 148 g/mol. The van der Waals surface area contributed by atoms with E-state index in [9.17, 15) is 0 Å². The van der Waals surface area contributed by atoms with Crippen LogP contribution < -0.4 is 0 Å². The number of nitriles is 1. The second-order valence-corrected chi connectivity index (χ2v) is 3.51. The minimum atomic E-state index is 0.499. The van der Waals surface area contributed by atoms with Gasteiger partial charge in [0.25, 0.3) is 0 Å². The van der Waals surface area contributed by atoms with E-state index in [0.29, 0.717) is 12.5 Å². The molecule has 66 valence electrons. The van der Waals surface area contributed by atoms with E-state index in [-0.39, 0.29) is 0 Å². The molecule has 1 aliphatic rings. The molecule has 2 nitrogen and oxygen atoms in total. The molecule has 0 N–H and O–H groups in total. The first-order valence-corrected chi connectivity index (χ1v) is 4.48. The zero-order valence-electron chi connectivity index (χ0n) is 7.88. The molecule has 0 spiro atoms. The Balaban J connectivity index is 2.49. The molecule has 0 bridgehead atoms. The highest BCUT2D eigenvalue weighted by Gasteiger charge is 2.15. The van der Waals surface area contributed by atoms with Gasteiger partial charge in [0.1, 0.15) is 0 Å². The van der Waals surface area contributed by atoms with Gasteiger partial charge in [0.15, 0.2) is 0 Å². The van der Waals surface area contributed by atoms with Crippen molar-refractivity contribution in [2.24, 2.45) is 0 Å². The van der Waals surface area contributed by atoms with Gasteiger partial charge >= 0.3 is 0 Å². The van der Waals surface area contributed by atoms with Gasteiger partial charge in [-0.1, -0.05) is 11.6 Å². The van der Waals surface area contributed by atoms with Gasteiger partial charge in [-0.2, -0.15) is 5.26 Å². The van der Waals surface area contributed by atoms with Crippen molar-refractivity contribution in [1.29, 1.82) is 5.26 Å². The standard InChI is InChI=1S/C10H16N2/c1-9-5-7-12(2)10(8-9)4-3-6-11/h8,10H,3-5,7H2,1-2H3. The van der Waals surface area contributed by atoms with Crippen molar-refractivity contribution in [3.63, 3.8) is 0 Å². The molecule has 1 unspecified atom stereocenters. The quantitative estimate of drug-likeness (QED) is 0.583. The average Bonchev–Trinajstić information content (AvgIpc) is 2.07. The first kappa shape index (κ1) is 9.28. The molecule has 0 fully saturated rings. The molecule has 1 aliphatic heterocycles. The van der Waals surface area contributed by atoms with Crippen LogP contribution in [0.3, 0.4) is 0 Å². The van der Waals surface area contributed by atoms with Crippen LogP contribution in [0.25, 0.3) is 0 Å². The number of rotatable bonds is 2. The third-order valence-corrected chi connectivity index (χ3v) is 2.45. The number of likely N-dealkylation sites (N-methyl/N-ethyl adjacent to an activating group) is 1. The molecule has 0 saturated heterocycles. The van der Waals surface area contributed by atoms with Gasteiger partial charge in [-0.3, -0.25) is 4.90 Å². The zero-order valence-corrected chi connectivity index (χ0v) is 7.88. The van der Waals surface area contributed by atoms with Crippen LogP contribution in [0.1, 0.15) is 26.2 Å². The minimum Gasteiger partial charge on any atom is -0.300 e. The van der Waals surface area contributed by atoms with Crippen LogP contribution in [0, 0.1) is 11.3 Å². The largest absolute Gasteiger partial charge is 0.300 e. The monoisotopic (exact) mass is 164 g/mol. The summed E-state index contributed by atoms with van der Waals surface area (Å²) >= 11 is 0. The molecule has 0 radical (unpaired) electrons. The highest BCUT2D eigenvalue weighted by atomic mass is 15.1. The van der Waals surface area contributed by atoms with Gasteiger partial charge < -0.3 is 0 Å². The predicted molar refractivity (Wildman–Crippen MR) is 49.6 cm³/mol. The van der Waals surface area contributed by atoms with Gasteiger partial charge in [0.05, 0.1) is 6.07 Å². The number of hydrogen-bond donors (Lipinski definition) is 0. The highest BCUT2D eigenvalue weighted by molar-refractivity contribution is 5.09. The van der Waals surface area contributed by atoms with Crippen LogP contribution >= 0.6 is 0 Å². The Morgan fingerprint density at radius 3 is 3.17 bits per heavy atom. The molecular formula is C10H16N2. The maximum atomic E-state index is 8.46. The van der Waals surface area contributed by atoms with Gasteiger partial charge in [0, 0.05) is 19.0 Å². The van der Waals surface area contributed by atoms with Crippen LogP contribution in [0.4, 0.5) is 0 Å².